The Labute approximate surface area is 158 Å². The Kier molecular flexibility index (Phi) is 4.28. The molecular formula is C24H20O3. The number of allylic oxidation sites excluding steroid dienone is 1. The number of carbonyl (C=O) groups is 1. The molecule has 1 aliphatic rings. The molecule has 134 valence electrons. The minimum atomic E-state index is -0.0102. The average molecular weight is 356 g/mol. The Hall–Kier alpha value is -3.33. The molecule has 0 heterocycles. The summed E-state index contributed by atoms with van der Waals surface area (Å²) in [5.41, 5.74) is 6.05. The van der Waals surface area contributed by atoms with Crippen molar-refractivity contribution in [1.29, 1.82) is 0 Å². The summed E-state index contributed by atoms with van der Waals surface area (Å²) in [6.07, 6.45) is 0. The molecule has 0 atom stereocenters. The van der Waals surface area contributed by atoms with Crippen LogP contribution in [0.5, 0.6) is 11.5 Å². The van der Waals surface area contributed by atoms with Crippen LogP contribution in [0.3, 0.4) is 0 Å². The first-order valence-corrected chi connectivity index (χ1v) is 8.82. The van der Waals surface area contributed by atoms with Crippen LogP contribution < -0.4 is 9.47 Å². The number of Topliss-reactive ketones (excluding diaryl/α,β-unsaturated/α-hetero) is 1. The van der Waals surface area contributed by atoms with Crippen molar-refractivity contribution in [2.45, 2.75) is 6.92 Å². The standard InChI is InChI=1S/C24H20O3/c1-15-11-13-16(14-12-15)21-17-7-4-5-8-18(17)24(25)23(21)22-19(26-2)9-6-10-20(22)27-3/h4-14H,1-3H3. The molecule has 3 aromatic carbocycles. The first-order valence-electron chi connectivity index (χ1n) is 8.82. The van der Waals surface area contributed by atoms with Crippen molar-refractivity contribution in [3.05, 3.63) is 94.5 Å². The Morgan fingerprint density at radius 3 is 1.85 bits per heavy atom. The summed E-state index contributed by atoms with van der Waals surface area (Å²) in [6, 6.07) is 21.5. The van der Waals surface area contributed by atoms with Gasteiger partial charge in [0.2, 0.25) is 0 Å². The van der Waals surface area contributed by atoms with E-state index >= 15 is 0 Å². The van der Waals surface area contributed by atoms with Crippen molar-refractivity contribution in [3.8, 4) is 11.5 Å². The number of rotatable bonds is 4. The van der Waals surface area contributed by atoms with Gasteiger partial charge in [-0.15, -0.1) is 0 Å². The van der Waals surface area contributed by atoms with Gasteiger partial charge in [0.25, 0.3) is 0 Å². The van der Waals surface area contributed by atoms with Gasteiger partial charge < -0.3 is 9.47 Å². The smallest absolute Gasteiger partial charge is 0.195 e. The normalized spacial score (nSPS) is 12.9. The minimum absolute atomic E-state index is 0.0102. The van der Waals surface area contributed by atoms with Crippen molar-refractivity contribution in [2.24, 2.45) is 0 Å². The second-order valence-electron chi connectivity index (χ2n) is 6.53. The van der Waals surface area contributed by atoms with Crippen LogP contribution in [0.25, 0.3) is 11.1 Å². The number of carbonyl (C=O) groups excluding carboxylic acids is 1. The summed E-state index contributed by atoms with van der Waals surface area (Å²) in [5, 5.41) is 0. The zero-order valence-corrected chi connectivity index (χ0v) is 15.6. The van der Waals surface area contributed by atoms with Gasteiger partial charge in [0.1, 0.15) is 11.5 Å². The van der Waals surface area contributed by atoms with E-state index in [1.165, 1.54) is 5.56 Å². The van der Waals surface area contributed by atoms with E-state index in [1.807, 2.05) is 42.5 Å². The quantitative estimate of drug-likeness (QED) is 0.647. The molecule has 0 saturated heterocycles. The topological polar surface area (TPSA) is 35.5 Å². The predicted octanol–water partition coefficient (Wildman–Crippen LogP) is 5.17. The van der Waals surface area contributed by atoms with Gasteiger partial charge in [0.05, 0.1) is 19.8 Å². The van der Waals surface area contributed by atoms with E-state index in [4.69, 9.17) is 9.47 Å². The van der Waals surface area contributed by atoms with Gasteiger partial charge in [0.15, 0.2) is 5.78 Å². The van der Waals surface area contributed by atoms with Gasteiger partial charge in [-0.3, -0.25) is 4.79 Å². The average Bonchev–Trinajstić information content (AvgIpc) is 3.00. The lowest BCUT2D eigenvalue weighted by atomic mass is 9.93. The fourth-order valence-electron chi connectivity index (χ4n) is 3.64. The number of methoxy groups -OCH3 is 2. The monoisotopic (exact) mass is 356 g/mol. The van der Waals surface area contributed by atoms with Gasteiger partial charge in [-0.2, -0.15) is 0 Å². The number of ketones is 1. The van der Waals surface area contributed by atoms with Crippen molar-refractivity contribution >= 4 is 16.9 Å². The molecule has 4 rings (SSSR count). The lowest BCUT2D eigenvalue weighted by Gasteiger charge is -2.15. The highest BCUT2D eigenvalue weighted by Gasteiger charge is 2.34. The largest absolute Gasteiger partial charge is 0.496 e. The molecule has 0 amide bonds. The Bertz CT molecular complexity index is 1040. The molecule has 0 bridgehead atoms. The number of benzene rings is 3. The third kappa shape index (κ3) is 2.72. The van der Waals surface area contributed by atoms with Crippen LogP contribution in [-0.4, -0.2) is 20.0 Å². The molecule has 3 aromatic rings. The zero-order chi connectivity index (χ0) is 19.0. The molecule has 3 heteroatoms. The maximum atomic E-state index is 13.4. The van der Waals surface area contributed by atoms with Gasteiger partial charge in [-0.1, -0.05) is 60.2 Å². The van der Waals surface area contributed by atoms with Gasteiger partial charge in [-0.05, 0) is 30.2 Å². The summed E-state index contributed by atoms with van der Waals surface area (Å²) < 4.78 is 11.2. The fourth-order valence-corrected chi connectivity index (χ4v) is 3.64. The van der Waals surface area contributed by atoms with Crippen LogP contribution in [0, 0.1) is 6.92 Å². The van der Waals surface area contributed by atoms with Gasteiger partial charge >= 0.3 is 0 Å². The van der Waals surface area contributed by atoms with E-state index in [-0.39, 0.29) is 5.78 Å². The van der Waals surface area contributed by atoms with E-state index in [0.717, 1.165) is 16.7 Å². The Morgan fingerprint density at radius 2 is 1.26 bits per heavy atom. The third-order valence-corrected chi connectivity index (χ3v) is 4.94. The molecule has 0 fully saturated rings. The highest BCUT2D eigenvalue weighted by atomic mass is 16.5. The van der Waals surface area contributed by atoms with E-state index in [2.05, 4.69) is 31.2 Å². The molecule has 0 aromatic heterocycles. The second-order valence-corrected chi connectivity index (χ2v) is 6.53. The summed E-state index contributed by atoms with van der Waals surface area (Å²) in [5.74, 6) is 1.23. The van der Waals surface area contributed by atoms with E-state index < -0.39 is 0 Å². The molecule has 0 radical (unpaired) electrons. The number of ether oxygens (including phenoxy) is 2. The van der Waals surface area contributed by atoms with Crippen molar-refractivity contribution < 1.29 is 14.3 Å². The van der Waals surface area contributed by atoms with Crippen LogP contribution in [0.2, 0.25) is 0 Å². The number of aryl methyl sites for hydroxylation is 1. The van der Waals surface area contributed by atoms with Crippen molar-refractivity contribution in [3.63, 3.8) is 0 Å². The molecule has 1 aliphatic carbocycles. The third-order valence-electron chi connectivity index (χ3n) is 4.94. The van der Waals surface area contributed by atoms with Gasteiger partial charge in [0, 0.05) is 16.7 Å². The predicted molar refractivity (Wildman–Crippen MR) is 107 cm³/mol. The van der Waals surface area contributed by atoms with Crippen LogP contribution >= 0.6 is 0 Å². The summed E-state index contributed by atoms with van der Waals surface area (Å²) in [4.78, 5) is 13.4. The second kappa shape index (κ2) is 6.76. The molecule has 0 N–H and O–H groups in total. The lowest BCUT2D eigenvalue weighted by molar-refractivity contribution is 0.105. The zero-order valence-electron chi connectivity index (χ0n) is 15.6. The molecule has 0 aliphatic heterocycles. The van der Waals surface area contributed by atoms with Gasteiger partial charge in [-0.25, -0.2) is 0 Å². The SMILES string of the molecule is COc1cccc(OC)c1C1=C(c2ccc(C)cc2)c2ccccc2C1=O. The van der Waals surface area contributed by atoms with Crippen LogP contribution in [0.4, 0.5) is 0 Å². The minimum Gasteiger partial charge on any atom is -0.496 e. The van der Waals surface area contributed by atoms with Crippen LogP contribution in [-0.2, 0) is 0 Å². The highest BCUT2D eigenvalue weighted by Crippen LogP contribution is 2.47. The number of hydrogen-bond donors (Lipinski definition) is 0. The fraction of sp³-hybridized carbons (Fsp3) is 0.125. The molecule has 0 spiro atoms. The molecule has 27 heavy (non-hydrogen) atoms. The first kappa shape index (κ1) is 17.1. The van der Waals surface area contributed by atoms with Crippen LogP contribution in [0.1, 0.15) is 32.6 Å². The van der Waals surface area contributed by atoms with E-state index in [1.54, 1.807) is 14.2 Å². The van der Waals surface area contributed by atoms with Crippen molar-refractivity contribution in [1.82, 2.24) is 0 Å². The van der Waals surface area contributed by atoms with Crippen LogP contribution in [0.15, 0.2) is 66.7 Å². The van der Waals surface area contributed by atoms with E-state index in [9.17, 15) is 4.79 Å². The summed E-state index contributed by atoms with van der Waals surface area (Å²) >= 11 is 0. The lowest BCUT2D eigenvalue weighted by Crippen LogP contribution is -2.03. The molecule has 0 unspecified atom stereocenters. The number of fused-ring (bicyclic) bond motifs is 1. The van der Waals surface area contributed by atoms with Crippen molar-refractivity contribution in [2.75, 3.05) is 14.2 Å². The molecule has 0 saturated carbocycles. The number of hydrogen-bond acceptors (Lipinski definition) is 3. The van der Waals surface area contributed by atoms with E-state index in [0.29, 0.717) is 28.2 Å². The summed E-state index contributed by atoms with van der Waals surface area (Å²) in [6.45, 7) is 2.05. The Morgan fingerprint density at radius 1 is 0.667 bits per heavy atom. The maximum Gasteiger partial charge on any atom is 0.195 e. The first-order chi connectivity index (χ1) is 13.2. The molecular weight excluding hydrogens is 336 g/mol. The highest BCUT2D eigenvalue weighted by molar-refractivity contribution is 6.42. The summed E-state index contributed by atoms with van der Waals surface area (Å²) in [7, 11) is 3.22. The maximum absolute atomic E-state index is 13.4. The molecule has 3 nitrogen and oxygen atoms in total. The Balaban J connectivity index is 2.09.